The summed E-state index contributed by atoms with van der Waals surface area (Å²) in [6.45, 7) is 0.585. The first kappa shape index (κ1) is 22.4. The van der Waals surface area contributed by atoms with Gasteiger partial charge < -0.3 is 29.7 Å². The van der Waals surface area contributed by atoms with Gasteiger partial charge in [-0.1, -0.05) is 36.4 Å². The topological polar surface area (TPSA) is 131 Å². The summed E-state index contributed by atoms with van der Waals surface area (Å²) in [6.07, 6.45) is -5.43. The predicted octanol–water partition coefficient (Wildman–Crippen LogP) is 0.652. The average molecular weight is 429 g/mol. The van der Waals surface area contributed by atoms with E-state index in [1.54, 1.807) is 36.4 Å². The molecule has 0 aromatic heterocycles. The van der Waals surface area contributed by atoms with Gasteiger partial charge in [0.25, 0.3) is 0 Å². The second-order valence-corrected chi connectivity index (χ2v) is 6.95. The summed E-state index contributed by atoms with van der Waals surface area (Å²) in [5.41, 5.74) is 0.452. The van der Waals surface area contributed by atoms with Gasteiger partial charge in [0.1, 0.15) is 12.1 Å². The third-order valence-corrected chi connectivity index (χ3v) is 4.72. The Morgan fingerprint density at radius 2 is 1.39 bits per heavy atom. The molecule has 3 rings (SSSR count). The number of hydrogen-bond donors (Lipinski definition) is 3. The summed E-state index contributed by atoms with van der Waals surface area (Å²) in [5.74, 6) is -2.03. The van der Waals surface area contributed by atoms with Crippen LogP contribution in [0.25, 0.3) is 0 Å². The molecule has 1 unspecified atom stereocenters. The highest BCUT2D eigenvalue weighted by Gasteiger charge is 2.50. The summed E-state index contributed by atoms with van der Waals surface area (Å²) in [5, 5.41) is 22.6. The van der Waals surface area contributed by atoms with E-state index in [0.717, 1.165) is 0 Å². The fourth-order valence-electron chi connectivity index (χ4n) is 3.27. The molecule has 0 aliphatic carbocycles. The van der Waals surface area contributed by atoms with Crippen LogP contribution in [0.4, 0.5) is 0 Å². The minimum absolute atomic E-state index is 0.221. The first-order chi connectivity index (χ1) is 14.9. The van der Waals surface area contributed by atoms with Crippen LogP contribution in [0.5, 0.6) is 0 Å². The van der Waals surface area contributed by atoms with E-state index in [2.05, 4.69) is 5.32 Å². The number of amides is 1. The molecule has 1 heterocycles. The molecule has 0 spiro atoms. The SMILES string of the molecule is CC(=O)N[C@H]1C(O)O[C@H](CO)[C@H](OC(=O)c2ccccc2)[C@@H]1OC(=O)c1ccccc1. The number of ether oxygens (including phenoxy) is 3. The van der Waals surface area contributed by atoms with Crippen molar-refractivity contribution in [2.24, 2.45) is 0 Å². The molecule has 0 saturated carbocycles. The Labute approximate surface area is 178 Å². The van der Waals surface area contributed by atoms with E-state index in [4.69, 9.17) is 14.2 Å². The maximum atomic E-state index is 12.7. The molecule has 2 aromatic rings. The normalized spacial score (nSPS) is 25.3. The summed E-state index contributed by atoms with van der Waals surface area (Å²) in [4.78, 5) is 37.0. The molecule has 1 aliphatic heterocycles. The number of hydrogen-bond acceptors (Lipinski definition) is 8. The van der Waals surface area contributed by atoms with E-state index in [0.29, 0.717) is 0 Å². The zero-order valence-electron chi connectivity index (χ0n) is 16.7. The largest absolute Gasteiger partial charge is 0.452 e. The van der Waals surface area contributed by atoms with Crippen molar-refractivity contribution in [2.45, 2.75) is 37.6 Å². The van der Waals surface area contributed by atoms with Gasteiger partial charge in [-0.3, -0.25) is 4.79 Å². The number of aliphatic hydroxyl groups is 2. The highest BCUT2D eigenvalue weighted by atomic mass is 16.7. The quantitative estimate of drug-likeness (QED) is 0.571. The number of carbonyl (C=O) groups is 3. The molecule has 5 atom stereocenters. The van der Waals surface area contributed by atoms with Gasteiger partial charge in [-0.25, -0.2) is 9.59 Å². The van der Waals surface area contributed by atoms with Crippen LogP contribution in [0.3, 0.4) is 0 Å². The average Bonchev–Trinajstić information content (AvgIpc) is 2.78. The lowest BCUT2D eigenvalue weighted by Crippen LogP contribution is -2.66. The molecule has 9 nitrogen and oxygen atoms in total. The fraction of sp³-hybridized carbons (Fsp3) is 0.318. The number of benzene rings is 2. The van der Waals surface area contributed by atoms with Crippen molar-refractivity contribution < 1.29 is 38.8 Å². The zero-order chi connectivity index (χ0) is 22.4. The lowest BCUT2D eigenvalue weighted by Gasteiger charge is -2.43. The van der Waals surface area contributed by atoms with E-state index < -0.39 is 55.1 Å². The molecule has 0 radical (unpaired) electrons. The van der Waals surface area contributed by atoms with Gasteiger partial charge in [0.2, 0.25) is 5.91 Å². The number of nitrogens with one attached hydrogen (secondary N) is 1. The van der Waals surface area contributed by atoms with Crippen LogP contribution < -0.4 is 5.32 Å². The van der Waals surface area contributed by atoms with E-state index in [9.17, 15) is 24.6 Å². The van der Waals surface area contributed by atoms with Gasteiger partial charge in [0.05, 0.1) is 17.7 Å². The molecular weight excluding hydrogens is 406 g/mol. The fourth-order valence-corrected chi connectivity index (χ4v) is 3.27. The second-order valence-electron chi connectivity index (χ2n) is 6.95. The van der Waals surface area contributed by atoms with Crippen LogP contribution in [0.15, 0.2) is 60.7 Å². The highest BCUT2D eigenvalue weighted by molar-refractivity contribution is 5.90. The molecule has 1 fully saturated rings. The monoisotopic (exact) mass is 429 g/mol. The number of aliphatic hydroxyl groups excluding tert-OH is 2. The lowest BCUT2D eigenvalue weighted by molar-refractivity contribution is -0.253. The molecular formula is C22H23NO8. The number of rotatable bonds is 6. The van der Waals surface area contributed by atoms with Crippen LogP contribution in [0.1, 0.15) is 27.6 Å². The van der Waals surface area contributed by atoms with Gasteiger partial charge in [-0.2, -0.15) is 0 Å². The van der Waals surface area contributed by atoms with E-state index in [1.807, 2.05) is 0 Å². The van der Waals surface area contributed by atoms with E-state index in [1.165, 1.54) is 31.2 Å². The third kappa shape index (κ3) is 5.46. The van der Waals surface area contributed by atoms with Crippen LogP contribution in [-0.4, -0.2) is 65.3 Å². The Hall–Kier alpha value is -3.27. The number of esters is 2. The minimum atomic E-state index is -1.61. The molecule has 31 heavy (non-hydrogen) atoms. The lowest BCUT2D eigenvalue weighted by atomic mass is 9.96. The second kappa shape index (κ2) is 10.2. The molecule has 1 amide bonds. The van der Waals surface area contributed by atoms with Crippen LogP contribution in [0.2, 0.25) is 0 Å². The van der Waals surface area contributed by atoms with Gasteiger partial charge in [0.15, 0.2) is 18.5 Å². The van der Waals surface area contributed by atoms with Gasteiger partial charge in [-0.05, 0) is 24.3 Å². The summed E-state index contributed by atoms with van der Waals surface area (Å²) >= 11 is 0. The highest BCUT2D eigenvalue weighted by Crippen LogP contribution is 2.27. The van der Waals surface area contributed by atoms with Gasteiger partial charge in [0, 0.05) is 6.92 Å². The summed E-state index contributed by atoms with van der Waals surface area (Å²) < 4.78 is 16.4. The van der Waals surface area contributed by atoms with Crippen molar-refractivity contribution in [3.63, 3.8) is 0 Å². The summed E-state index contributed by atoms with van der Waals surface area (Å²) in [6, 6.07) is 14.9. The molecule has 0 bridgehead atoms. The van der Waals surface area contributed by atoms with Crippen LogP contribution in [-0.2, 0) is 19.0 Å². The minimum Gasteiger partial charge on any atom is -0.452 e. The Bertz CT molecular complexity index is 904. The Kier molecular flexibility index (Phi) is 7.35. The van der Waals surface area contributed by atoms with Gasteiger partial charge in [-0.15, -0.1) is 0 Å². The Balaban J connectivity index is 1.92. The molecule has 164 valence electrons. The first-order valence-electron chi connectivity index (χ1n) is 9.64. The van der Waals surface area contributed by atoms with Crippen molar-refractivity contribution in [3.05, 3.63) is 71.8 Å². The van der Waals surface area contributed by atoms with Crippen molar-refractivity contribution in [3.8, 4) is 0 Å². The third-order valence-electron chi connectivity index (χ3n) is 4.72. The Morgan fingerprint density at radius 3 is 1.84 bits per heavy atom. The molecule has 1 saturated heterocycles. The van der Waals surface area contributed by atoms with E-state index >= 15 is 0 Å². The van der Waals surface area contributed by atoms with Crippen LogP contribution >= 0.6 is 0 Å². The van der Waals surface area contributed by atoms with Crippen molar-refractivity contribution >= 4 is 17.8 Å². The molecule has 3 N–H and O–H groups in total. The first-order valence-corrected chi connectivity index (χ1v) is 9.64. The standard InChI is InChI=1S/C22H23NO8/c1-13(25)23-17-19(31-21(27)15-10-6-3-7-11-15)18(16(12-24)29-22(17)28)30-20(26)14-8-4-2-5-9-14/h2-11,16-19,22,24,28H,12H2,1H3,(H,23,25)/t16-,17-,18+,19-,22?/m1/s1. The van der Waals surface area contributed by atoms with Crippen molar-refractivity contribution in [1.82, 2.24) is 5.32 Å². The molecule has 2 aromatic carbocycles. The maximum absolute atomic E-state index is 12.7. The predicted molar refractivity (Wildman–Crippen MR) is 107 cm³/mol. The summed E-state index contributed by atoms with van der Waals surface area (Å²) in [7, 11) is 0. The maximum Gasteiger partial charge on any atom is 0.338 e. The zero-order valence-corrected chi connectivity index (χ0v) is 16.7. The number of carbonyl (C=O) groups excluding carboxylic acids is 3. The molecule has 9 heteroatoms. The van der Waals surface area contributed by atoms with Crippen LogP contribution in [0, 0.1) is 0 Å². The van der Waals surface area contributed by atoms with Gasteiger partial charge >= 0.3 is 11.9 Å². The van der Waals surface area contributed by atoms with Crippen molar-refractivity contribution in [2.75, 3.05) is 6.61 Å². The van der Waals surface area contributed by atoms with E-state index in [-0.39, 0.29) is 11.1 Å². The Morgan fingerprint density at radius 1 is 0.903 bits per heavy atom. The smallest absolute Gasteiger partial charge is 0.338 e. The van der Waals surface area contributed by atoms with Crippen molar-refractivity contribution in [1.29, 1.82) is 0 Å². The molecule has 1 aliphatic rings.